The predicted octanol–water partition coefficient (Wildman–Crippen LogP) is 3.96. The Morgan fingerprint density at radius 3 is 2.82 bits per heavy atom. The molecule has 0 unspecified atom stereocenters. The Bertz CT molecular complexity index is 691. The van der Waals surface area contributed by atoms with Gasteiger partial charge in [-0.15, -0.1) is 0 Å². The molecule has 3 aromatic rings. The van der Waals surface area contributed by atoms with Gasteiger partial charge in [0.25, 0.3) is 0 Å². The number of hydrogen-bond donors (Lipinski definition) is 1. The van der Waals surface area contributed by atoms with E-state index in [1.54, 1.807) is 18.2 Å². The molecule has 3 rings (SSSR count). The average Bonchev–Trinajstić information content (AvgIpc) is 2.71. The minimum Gasteiger partial charge on any atom is -0.508 e. The standard InChI is InChI=1S/C13H8BrNO2/c14-9-4-5-12-11(7-9)13(17-15-12)8-2-1-3-10(16)6-8/h1-7,16H. The summed E-state index contributed by atoms with van der Waals surface area (Å²) in [5, 5.41) is 14.4. The summed E-state index contributed by atoms with van der Waals surface area (Å²) < 4.78 is 6.30. The molecule has 3 nitrogen and oxygen atoms in total. The lowest BCUT2D eigenvalue weighted by atomic mass is 10.1. The molecule has 84 valence electrons. The Labute approximate surface area is 106 Å². The Morgan fingerprint density at radius 1 is 1.12 bits per heavy atom. The van der Waals surface area contributed by atoms with Gasteiger partial charge in [-0.05, 0) is 30.3 Å². The van der Waals surface area contributed by atoms with Gasteiger partial charge in [0.2, 0.25) is 0 Å². The second kappa shape index (κ2) is 3.89. The number of fused-ring (bicyclic) bond motifs is 1. The van der Waals surface area contributed by atoms with Gasteiger partial charge in [-0.1, -0.05) is 33.2 Å². The van der Waals surface area contributed by atoms with Gasteiger partial charge < -0.3 is 9.63 Å². The minimum atomic E-state index is 0.210. The van der Waals surface area contributed by atoms with Crippen LogP contribution in [0, 0.1) is 0 Å². The Hall–Kier alpha value is -1.81. The molecule has 0 saturated heterocycles. The van der Waals surface area contributed by atoms with Crippen molar-refractivity contribution in [3.63, 3.8) is 0 Å². The maximum absolute atomic E-state index is 9.47. The molecular formula is C13H8BrNO2. The number of hydrogen-bond acceptors (Lipinski definition) is 3. The fourth-order valence-electron chi connectivity index (χ4n) is 1.77. The Kier molecular flexibility index (Phi) is 2.37. The lowest BCUT2D eigenvalue weighted by molar-refractivity contribution is 0.440. The molecule has 17 heavy (non-hydrogen) atoms. The molecule has 1 N–H and O–H groups in total. The van der Waals surface area contributed by atoms with Crippen molar-refractivity contribution in [2.45, 2.75) is 0 Å². The van der Waals surface area contributed by atoms with Crippen molar-refractivity contribution in [2.75, 3.05) is 0 Å². The van der Waals surface area contributed by atoms with Crippen LogP contribution in [-0.2, 0) is 0 Å². The van der Waals surface area contributed by atoms with Crippen LogP contribution >= 0.6 is 15.9 Å². The molecule has 0 aliphatic rings. The van der Waals surface area contributed by atoms with E-state index in [2.05, 4.69) is 21.1 Å². The molecule has 2 aromatic carbocycles. The monoisotopic (exact) mass is 289 g/mol. The smallest absolute Gasteiger partial charge is 0.174 e. The van der Waals surface area contributed by atoms with Crippen LogP contribution in [0.25, 0.3) is 22.2 Å². The van der Waals surface area contributed by atoms with E-state index in [-0.39, 0.29) is 5.75 Å². The minimum absolute atomic E-state index is 0.210. The Morgan fingerprint density at radius 2 is 2.00 bits per heavy atom. The first-order valence-corrected chi connectivity index (χ1v) is 5.88. The first-order valence-electron chi connectivity index (χ1n) is 5.08. The van der Waals surface area contributed by atoms with Crippen LogP contribution in [0.2, 0.25) is 0 Å². The molecule has 0 aliphatic heterocycles. The van der Waals surface area contributed by atoms with Gasteiger partial charge in [0.15, 0.2) is 5.76 Å². The third-order valence-electron chi connectivity index (χ3n) is 2.55. The van der Waals surface area contributed by atoms with Crippen molar-refractivity contribution in [3.05, 3.63) is 46.9 Å². The largest absolute Gasteiger partial charge is 0.508 e. The number of nitrogens with zero attached hydrogens (tertiary/aromatic N) is 1. The fourth-order valence-corrected chi connectivity index (χ4v) is 2.13. The van der Waals surface area contributed by atoms with E-state index in [0.29, 0.717) is 5.76 Å². The highest BCUT2D eigenvalue weighted by molar-refractivity contribution is 9.10. The number of rotatable bonds is 1. The molecule has 0 spiro atoms. The van der Waals surface area contributed by atoms with Crippen LogP contribution < -0.4 is 0 Å². The van der Waals surface area contributed by atoms with Crippen LogP contribution in [0.3, 0.4) is 0 Å². The van der Waals surface area contributed by atoms with Crippen LogP contribution in [0.1, 0.15) is 0 Å². The van der Waals surface area contributed by atoms with Gasteiger partial charge in [0.05, 0.1) is 5.39 Å². The maximum Gasteiger partial charge on any atom is 0.174 e. The first kappa shape index (κ1) is 10.4. The molecule has 0 bridgehead atoms. The van der Waals surface area contributed by atoms with E-state index in [1.807, 2.05) is 24.3 Å². The molecule has 0 fully saturated rings. The van der Waals surface area contributed by atoms with Crippen molar-refractivity contribution >= 4 is 26.8 Å². The number of phenols is 1. The highest BCUT2D eigenvalue weighted by Gasteiger charge is 2.11. The summed E-state index contributed by atoms with van der Waals surface area (Å²) in [6, 6.07) is 12.7. The molecule has 0 atom stereocenters. The number of aromatic nitrogens is 1. The second-order valence-electron chi connectivity index (χ2n) is 3.72. The van der Waals surface area contributed by atoms with E-state index < -0.39 is 0 Å². The van der Waals surface area contributed by atoms with E-state index in [9.17, 15) is 5.11 Å². The summed E-state index contributed by atoms with van der Waals surface area (Å²) in [6.45, 7) is 0. The Balaban J connectivity index is 2.27. The van der Waals surface area contributed by atoms with Gasteiger partial charge in [-0.25, -0.2) is 0 Å². The van der Waals surface area contributed by atoms with E-state index >= 15 is 0 Å². The molecular weight excluding hydrogens is 282 g/mol. The topological polar surface area (TPSA) is 46.3 Å². The van der Waals surface area contributed by atoms with Crippen LogP contribution in [0.15, 0.2) is 51.5 Å². The zero-order valence-electron chi connectivity index (χ0n) is 8.72. The fraction of sp³-hybridized carbons (Fsp3) is 0. The zero-order valence-corrected chi connectivity index (χ0v) is 10.3. The van der Waals surface area contributed by atoms with Gasteiger partial charge in [0.1, 0.15) is 11.3 Å². The number of benzene rings is 2. The van der Waals surface area contributed by atoms with Gasteiger partial charge >= 0.3 is 0 Å². The third kappa shape index (κ3) is 1.80. The summed E-state index contributed by atoms with van der Waals surface area (Å²) >= 11 is 3.42. The number of aromatic hydroxyl groups is 1. The van der Waals surface area contributed by atoms with E-state index in [0.717, 1.165) is 20.9 Å². The highest BCUT2D eigenvalue weighted by atomic mass is 79.9. The summed E-state index contributed by atoms with van der Waals surface area (Å²) in [4.78, 5) is 0. The summed E-state index contributed by atoms with van der Waals surface area (Å²) in [5.41, 5.74) is 1.61. The summed E-state index contributed by atoms with van der Waals surface area (Å²) in [5.74, 6) is 0.874. The number of halogens is 1. The molecule has 4 heteroatoms. The third-order valence-corrected chi connectivity index (χ3v) is 3.04. The van der Waals surface area contributed by atoms with Gasteiger partial charge in [-0.3, -0.25) is 0 Å². The van der Waals surface area contributed by atoms with Crippen molar-refractivity contribution < 1.29 is 9.63 Å². The van der Waals surface area contributed by atoms with Crippen LogP contribution in [0.5, 0.6) is 5.75 Å². The van der Waals surface area contributed by atoms with Crippen molar-refractivity contribution in [2.24, 2.45) is 0 Å². The normalized spacial score (nSPS) is 10.9. The second-order valence-corrected chi connectivity index (χ2v) is 4.64. The van der Waals surface area contributed by atoms with Crippen LogP contribution in [-0.4, -0.2) is 10.3 Å². The molecule has 1 aromatic heterocycles. The molecule has 0 amide bonds. The molecule has 0 saturated carbocycles. The lowest BCUT2D eigenvalue weighted by Crippen LogP contribution is -1.75. The lowest BCUT2D eigenvalue weighted by Gasteiger charge is -1.98. The zero-order chi connectivity index (χ0) is 11.8. The highest BCUT2D eigenvalue weighted by Crippen LogP contribution is 2.31. The van der Waals surface area contributed by atoms with Gasteiger partial charge in [0, 0.05) is 10.0 Å². The first-order chi connectivity index (χ1) is 8.24. The predicted molar refractivity (Wildman–Crippen MR) is 68.8 cm³/mol. The SMILES string of the molecule is Oc1cccc(-c2onc3ccc(Br)cc23)c1. The number of phenolic OH excluding ortho intramolecular Hbond substituents is 1. The van der Waals surface area contributed by atoms with Crippen LogP contribution in [0.4, 0.5) is 0 Å². The molecule has 0 radical (unpaired) electrons. The van der Waals surface area contributed by atoms with E-state index in [1.165, 1.54) is 0 Å². The van der Waals surface area contributed by atoms with Crippen molar-refractivity contribution in [3.8, 4) is 17.1 Å². The summed E-state index contributed by atoms with van der Waals surface area (Å²) in [7, 11) is 0. The maximum atomic E-state index is 9.47. The van der Waals surface area contributed by atoms with Gasteiger partial charge in [-0.2, -0.15) is 0 Å². The summed E-state index contributed by atoms with van der Waals surface area (Å²) in [6.07, 6.45) is 0. The van der Waals surface area contributed by atoms with Crippen molar-refractivity contribution in [1.29, 1.82) is 0 Å². The molecule has 0 aliphatic carbocycles. The van der Waals surface area contributed by atoms with E-state index in [4.69, 9.17) is 4.52 Å². The average molecular weight is 290 g/mol. The van der Waals surface area contributed by atoms with Crippen molar-refractivity contribution in [1.82, 2.24) is 5.16 Å². The molecule has 1 heterocycles. The quantitative estimate of drug-likeness (QED) is 0.737.